The predicted octanol–water partition coefficient (Wildman–Crippen LogP) is 2.90. The zero-order chi connectivity index (χ0) is 12.8. The van der Waals surface area contributed by atoms with Crippen LogP contribution in [0, 0.1) is 0 Å². The first-order valence-corrected chi connectivity index (χ1v) is 8.58. The molecule has 0 aliphatic heterocycles. The van der Waals surface area contributed by atoms with Gasteiger partial charge in [0, 0.05) is 10.8 Å². The molecule has 0 aromatic rings. The first-order valence-electron chi connectivity index (χ1n) is 7.36. The molecular formula is C14H27N3S. The van der Waals surface area contributed by atoms with Crippen molar-refractivity contribution in [1.29, 1.82) is 0 Å². The minimum Gasteiger partial charge on any atom is -0.370 e. The number of hydrogen-bond donors (Lipinski definition) is 2. The predicted molar refractivity (Wildman–Crippen MR) is 81.2 cm³/mol. The molecule has 0 amide bonds. The zero-order valence-corrected chi connectivity index (χ0v) is 12.4. The highest BCUT2D eigenvalue weighted by Crippen LogP contribution is 2.38. The van der Waals surface area contributed by atoms with Crippen LogP contribution in [0.3, 0.4) is 0 Å². The van der Waals surface area contributed by atoms with Crippen LogP contribution in [0.2, 0.25) is 0 Å². The molecule has 4 heteroatoms. The van der Waals surface area contributed by atoms with E-state index >= 15 is 0 Å². The molecule has 2 saturated carbocycles. The summed E-state index contributed by atoms with van der Waals surface area (Å²) in [5.41, 5.74) is 6.01. The summed E-state index contributed by atoms with van der Waals surface area (Å²) in [5.74, 6) is 0.667. The molecule has 3 nitrogen and oxygen atoms in total. The molecule has 2 rings (SSSR count). The van der Waals surface area contributed by atoms with Crippen LogP contribution in [-0.2, 0) is 0 Å². The van der Waals surface area contributed by atoms with Gasteiger partial charge in [0.2, 0.25) is 0 Å². The number of thioether (sulfide) groups is 1. The minimum absolute atomic E-state index is 0.361. The van der Waals surface area contributed by atoms with Crippen LogP contribution in [0.5, 0.6) is 0 Å². The molecule has 0 atom stereocenters. The molecule has 0 unspecified atom stereocenters. The lowest BCUT2D eigenvalue weighted by Crippen LogP contribution is -2.40. The summed E-state index contributed by atoms with van der Waals surface area (Å²) in [6, 6.07) is 0.574. The van der Waals surface area contributed by atoms with Gasteiger partial charge < -0.3 is 11.1 Å². The van der Waals surface area contributed by atoms with Gasteiger partial charge in [0.1, 0.15) is 0 Å². The van der Waals surface area contributed by atoms with Crippen LogP contribution in [0.25, 0.3) is 0 Å². The van der Waals surface area contributed by atoms with Crippen molar-refractivity contribution in [1.82, 2.24) is 5.32 Å². The molecule has 2 aliphatic carbocycles. The maximum atomic E-state index is 6.01. The summed E-state index contributed by atoms with van der Waals surface area (Å²) in [6.07, 6.45) is 14.1. The lowest BCUT2D eigenvalue weighted by atomic mass is 9.88. The van der Waals surface area contributed by atoms with E-state index in [0.29, 0.717) is 16.7 Å². The van der Waals surface area contributed by atoms with E-state index in [1.165, 1.54) is 57.8 Å². The normalized spacial score (nSPS) is 25.3. The summed E-state index contributed by atoms with van der Waals surface area (Å²) < 4.78 is 0.361. The highest BCUT2D eigenvalue weighted by molar-refractivity contribution is 8.00. The third-order valence-corrected chi connectivity index (χ3v) is 5.85. The van der Waals surface area contributed by atoms with Gasteiger partial charge in [-0.05, 0) is 31.9 Å². The Hall–Kier alpha value is -0.380. The molecule has 2 aliphatic rings. The number of nitrogens with two attached hydrogens (primary N) is 1. The average Bonchev–Trinajstić information content (AvgIpc) is 2.90. The van der Waals surface area contributed by atoms with Gasteiger partial charge in [-0.15, -0.1) is 0 Å². The lowest BCUT2D eigenvalue weighted by molar-refractivity contribution is 0.404. The molecular weight excluding hydrogens is 242 g/mol. The van der Waals surface area contributed by atoms with Crippen molar-refractivity contribution >= 4 is 17.7 Å². The number of nitrogens with one attached hydrogen (secondary N) is 1. The van der Waals surface area contributed by atoms with E-state index in [9.17, 15) is 0 Å². The average molecular weight is 269 g/mol. The summed E-state index contributed by atoms with van der Waals surface area (Å²) in [4.78, 5) is 4.62. The topological polar surface area (TPSA) is 50.4 Å². The van der Waals surface area contributed by atoms with Crippen molar-refractivity contribution in [2.75, 3.05) is 12.8 Å². The van der Waals surface area contributed by atoms with E-state index < -0.39 is 0 Å². The standard InChI is InChI=1S/C14H27N3S/c1-18-14(9-5-2-6-10-14)11-16-13(15)17-12-7-3-4-8-12/h12H,2-11H2,1H3,(H3,15,16,17). The lowest BCUT2D eigenvalue weighted by Gasteiger charge is -2.34. The van der Waals surface area contributed by atoms with E-state index in [2.05, 4.69) is 16.6 Å². The summed E-state index contributed by atoms with van der Waals surface area (Å²) >= 11 is 1.99. The van der Waals surface area contributed by atoms with Crippen LogP contribution < -0.4 is 11.1 Å². The Bertz CT molecular complexity index is 279. The SMILES string of the molecule is CSC1(CN=C(N)NC2CCCC2)CCCCC1. The molecule has 104 valence electrons. The Morgan fingerprint density at radius 3 is 2.50 bits per heavy atom. The Labute approximate surface area is 115 Å². The van der Waals surface area contributed by atoms with Crippen molar-refractivity contribution in [3.05, 3.63) is 0 Å². The second-order valence-electron chi connectivity index (χ2n) is 5.77. The Kier molecular flexibility index (Phi) is 5.22. The summed E-state index contributed by atoms with van der Waals surface area (Å²) in [7, 11) is 0. The molecule has 18 heavy (non-hydrogen) atoms. The fourth-order valence-corrected chi connectivity index (χ4v) is 4.07. The van der Waals surface area contributed by atoms with Gasteiger partial charge in [-0.2, -0.15) is 11.8 Å². The third kappa shape index (κ3) is 3.81. The van der Waals surface area contributed by atoms with Gasteiger partial charge in [0.15, 0.2) is 5.96 Å². The fourth-order valence-electron chi connectivity index (χ4n) is 3.18. The summed E-state index contributed by atoms with van der Waals surface area (Å²) in [6.45, 7) is 0.889. The van der Waals surface area contributed by atoms with Gasteiger partial charge in [0.25, 0.3) is 0 Å². The molecule has 0 aromatic heterocycles. The van der Waals surface area contributed by atoms with Crippen LogP contribution in [0.1, 0.15) is 57.8 Å². The van der Waals surface area contributed by atoms with Crippen LogP contribution in [0.15, 0.2) is 4.99 Å². The highest BCUT2D eigenvalue weighted by atomic mass is 32.2. The third-order valence-electron chi connectivity index (χ3n) is 4.44. The molecule has 3 N–H and O–H groups in total. The number of nitrogens with zero attached hydrogens (tertiary/aromatic N) is 1. The van der Waals surface area contributed by atoms with Gasteiger partial charge in [-0.25, -0.2) is 0 Å². The number of aliphatic imine (C=N–C) groups is 1. The molecule has 0 aromatic carbocycles. The van der Waals surface area contributed by atoms with Crippen molar-refractivity contribution in [2.24, 2.45) is 10.7 Å². The van der Waals surface area contributed by atoms with Crippen molar-refractivity contribution in [3.63, 3.8) is 0 Å². The Morgan fingerprint density at radius 1 is 1.22 bits per heavy atom. The van der Waals surface area contributed by atoms with E-state index in [0.717, 1.165) is 6.54 Å². The van der Waals surface area contributed by atoms with Crippen LogP contribution in [0.4, 0.5) is 0 Å². The van der Waals surface area contributed by atoms with Crippen molar-refractivity contribution in [2.45, 2.75) is 68.6 Å². The molecule has 0 bridgehead atoms. The second-order valence-corrected chi connectivity index (χ2v) is 7.05. The largest absolute Gasteiger partial charge is 0.370 e. The first kappa shape index (κ1) is 14.0. The fraction of sp³-hybridized carbons (Fsp3) is 0.929. The van der Waals surface area contributed by atoms with Crippen molar-refractivity contribution < 1.29 is 0 Å². The first-order chi connectivity index (χ1) is 8.74. The van der Waals surface area contributed by atoms with Gasteiger partial charge in [-0.3, -0.25) is 4.99 Å². The van der Waals surface area contributed by atoms with Gasteiger partial charge in [-0.1, -0.05) is 32.1 Å². The van der Waals surface area contributed by atoms with E-state index in [4.69, 9.17) is 5.73 Å². The molecule has 0 heterocycles. The highest BCUT2D eigenvalue weighted by Gasteiger charge is 2.30. The van der Waals surface area contributed by atoms with Crippen LogP contribution >= 0.6 is 11.8 Å². The number of guanidine groups is 1. The monoisotopic (exact) mass is 269 g/mol. The Morgan fingerprint density at radius 2 is 1.89 bits per heavy atom. The van der Waals surface area contributed by atoms with Crippen LogP contribution in [-0.4, -0.2) is 29.5 Å². The smallest absolute Gasteiger partial charge is 0.188 e. The molecule has 2 fully saturated rings. The van der Waals surface area contributed by atoms with E-state index in [-0.39, 0.29) is 0 Å². The van der Waals surface area contributed by atoms with E-state index in [1.807, 2.05) is 11.8 Å². The van der Waals surface area contributed by atoms with E-state index in [1.54, 1.807) is 0 Å². The molecule has 0 radical (unpaired) electrons. The quantitative estimate of drug-likeness (QED) is 0.609. The summed E-state index contributed by atoms with van der Waals surface area (Å²) in [5, 5.41) is 3.38. The Balaban J connectivity index is 1.83. The van der Waals surface area contributed by atoms with Gasteiger partial charge >= 0.3 is 0 Å². The second kappa shape index (κ2) is 6.69. The molecule has 0 saturated heterocycles. The maximum Gasteiger partial charge on any atom is 0.188 e. The zero-order valence-electron chi connectivity index (χ0n) is 11.6. The van der Waals surface area contributed by atoms with Gasteiger partial charge in [0.05, 0.1) is 6.54 Å². The number of rotatable bonds is 4. The molecule has 0 spiro atoms. The maximum absolute atomic E-state index is 6.01. The van der Waals surface area contributed by atoms with Crippen molar-refractivity contribution in [3.8, 4) is 0 Å². The number of hydrogen-bond acceptors (Lipinski definition) is 2. The minimum atomic E-state index is 0.361.